The molecule has 2 heterocycles. The molecule has 2 N–H and O–H groups in total. The van der Waals surface area contributed by atoms with Crippen molar-refractivity contribution in [2.24, 2.45) is 0 Å². The van der Waals surface area contributed by atoms with E-state index in [2.05, 4.69) is 41.6 Å². The molecule has 3 aromatic rings. The van der Waals surface area contributed by atoms with Crippen molar-refractivity contribution in [2.75, 3.05) is 5.73 Å². The minimum Gasteiger partial charge on any atom is -0.375 e. The molecule has 0 saturated heterocycles. The lowest BCUT2D eigenvalue weighted by Crippen LogP contribution is -1.92. The van der Waals surface area contributed by atoms with Crippen LogP contribution in [-0.4, -0.2) is 4.98 Å². The van der Waals surface area contributed by atoms with Crippen LogP contribution in [0.1, 0.15) is 29.5 Å². The van der Waals surface area contributed by atoms with Gasteiger partial charge in [-0.2, -0.15) is 0 Å². The van der Waals surface area contributed by atoms with Crippen LogP contribution in [0.15, 0.2) is 29.6 Å². The van der Waals surface area contributed by atoms with Gasteiger partial charge in [-0.05, 0) is 40.9 Å². The molecule has 0 fully saturated rings. The molecule has 1 aromatic carbocycles. The first-order valence-electron chi connectivity index (χ1n) is 6.46. The number of anilines is 1. The summed E-state index contributed by atoms with van der Waals surface area (Å²) in [4.78, 5) is 5.76. The molecular formula is C15H16N2S2. The van der Waals surface area contributed by atoms with Crippen LogP contribution in [-0.2, 0) is 12.8 Å². The van der Waals surface area contributed by atoms with Crippen molar-refractivity contribution >= 4 is 37.9 Å². The van der Waals surface area contributed by atoms with Gasteiger partial charge in [0.25, 0.3) is 0 Å². The average Bonchev–Trinajstić information content (AvgIpc) is 2.97. The van der Waals surface area contributed by atoms with Gasteiger partial charge in [-0.3, -0.25) is 0 Å². The Hall–Kier alpha value is -1.39. The number of hydrogen-bond acceptors (Lipinski definition) is 4. The van der Waals surface area contributed by atoms with Crippen LogP contribution in [0.25, 0.3) is 10.1 Å². The summed E-state index contributed by atoms with van der Waals surface area (Å²) in [6.07, 6.45) is 3.07. The Morgan fingerprint density at radius 3 is 3.00 bits per heavy atom. The molecular weight excluding hydrogens is 272 g/mol. The molecule has 98 valence electrons. The number of thiophene rings is 1. The maximum absolute atomic E-state index is 5.85. The minimum atomic E-state index is 0.690. The topological polar surface area (TPSA) is 38.9 Å². The molecule has 2 aromatic heterocycles. The fraction of sp³-hybridized carbons (Fsp3) is 0.267. The summed E-state index contributed by atoms with van der Waals surface area (Å²) in [7, 11) is 0. The van der Waals surface area contributed by atoms with Gasteiger partial charge >= 0.3 is 0 Å². The number of nitrogens with zero attached hydrogens (tertiary/aromatic N) is 1. The quantitative estimate of drug-likeness (QED) is 0.768. The lowest BCUT2D eigenvalue weighted by molar-refractivity contribution is 0.879. The van der Waals surface area contributed by atoms with Crippen molar-refractivity contribution in [3.05, 3.63) is 45.8 Å². The lowest BCUT2D eigenvalue weighted by atomic mass is 10.1. The van der Waals surface area contributed by atoms with Crippen LogP contribution in [0.5, 0.6) is 0 Å². The summed E-state index contributed by atoms with van der Waals surface area (Å²) in [5, 5.41) is 4.16. The summed E-state index contributed by atoms with van der Waals surface area (Å²) < 4.78 is 1.35. The highest BCUT2D eigenvalue weighted by atomic mass is 32.1. The molecule has 0 aliphatic carbocycles. The van der Waals surface area contributed by atoms with Gasteiger partial charge in [0.2, 0.25) is 0 Å². The molecule has 0 atom stereocenters. The summed E-state index contributed by atoms with van der Waals surface area (Å²) >= 11 is 3.41. The van der Waals surface area contributed by atoms with Gasteiger partial charge in [0.05, 0.1) is 5.69 Å². The predicted octanol–water partition coefficient (Wildman–Crippen LogP) is 4.48. The van der Waals surface area contributed by atoms with Crippen LogP contribution in [0.2, 0.25) is 0 Å². The largest absolute Gasteiger partial charge is 0.375 e. The van der Waals surface area contributed by atoms with E-state index >= 15 is 0 Å². The van der Waals surface area contributed by atoms with E-state index in [9.17, 15) is 0 Å². The Kier molecular flexibility index (Phi) is 3.53. The van der Waals surface area contributed by atoms with Gasteiger partial charge < -0.3 is 5.73 Å². The number of aromatic nitrogens is 1. The molecule has 0 aliphatic rings. The maximum atomic E-state index is 5.85. The summed E-state index contributed by atoms with van der Waals surface area (Å²) in [5.41, 5.74) is 8.36. The van der Waals surface area contributed by atoms with Crippen molar-refractivity contribution in [1.29, 1.82) is 0 Å². The van der Waals surface area contributed by atoms with E-state index in [1.54, 1.807) is 22.7 Å². The number of hydrogen-bond donors (Lipinski definition) is 1. The number of nitrogen functional groups attached to an aromatic ring is 1. The Morgan fingerprint density at radius 1 is 1.26 bits per heavy atom. The smallest absolute Gasteiger partial charge is 0.180 e. The Morgan fingerprint density at radius 2 is 2.16 bits per heavy atom. The van der Waals surface area contributed by atoms with E-state index in [-0.39, 0.29) is 0 Å². The van der Waals surface area contributed by atoms with E-state index in [0.29, 0.717) is 5.13 Å². The van der Waals surface area contributed by atoms with Gasteiger partial charge in [-0.1, -0.05) is 19.4 Å². The zero-order chi connectivity index (χ0) is 13.2. The SMILES string of the molecule is CCCc1nc(N)sc1Cc1ccc2sccc2c1. The van der Waals surface area contributed by atoms with E-state index < -0.39 is 0 Å². The van der Waals surface area contributed by atoms with Crippen molar-refractivity contribution in [3.8, 4) is 0 Å². The number of aryl methyl sites for hydroxylation is 1. The third-order valence-corrected chi connectivity index (χ3v) is 4.99. The maximum Gasteiger partial charge on any atom is 0.180 e. The van der Waals surface area contributed by atoms with Crippen LogP contribution < -0.4 is 5.73 Å². The molecule has 4 heteroatoms. The first-order valence-corrected chi connectivity index (χ1v) is 8.16. The van der Waals surface area contributed by atoms with Gasteiger partial charge in [-0.15, -0.1) is 22.7 Å². The highest BCUT2D eigenvalue weighted by Gasteiger charge is 2.10. The Labute approximate surface area is 120 Å². The predicted molar refractivity (Wildman–Crippen MR) is 85.2 cm³/mol. The van der Waals surface area contributed by atoms with Crippen molar-refractivity contribution in [3.63, 3.8) is 0 Å². The monoisotopic (exact) mass is 288 g/mol. The second-order valence-corrected chi connectivity index (χ2v) is 6.70. The molecule has 0 aliphatic heterocycles. The third-order valence-electron chi connectivity index (χ3n) is 3.16. The highest BCUT2D eigenvalue weighted by Crippen LogP contribution is 2.27. The Bertz CT molecular complexity index is 697. The van der Waals surface area contributed by atoms with Crippen LogP contribution in [0, 0.1) is 0 Å². The van der Waals surface area contributed by atoms with Gasteiger partial charge in [0, 0.05) is 16.0 Å². The minimum absolute atomic E-state index is 0.690. The van der Waals surface area contributed by atoms with Gasteiger partial charge in [-0.25, -0.2) is 4.98 Å². The van der Waals surface area contributed by atoms with Crippen LogP contribution in [0.4, 0.5) is 5.13 Å². The molecule has 0 saturated carbocycles. The van der Waals surface area contributed by atoms with Gasteiger partial charge in [0.1, 0.15) is 0 Å². The summed E-state index contributed by atoms with van der Waals surface area (Å²) in [5.74, 6) is 0. The fourth-order valence-electron chi connectivity index (χ4n) is 2.29. The first-order chi connectivity index (χ1) is 9.26. The first kappa shape index (κ1) is 12.6. The molecule has 3 rings (SSSR count). The fourth-order valence-corrected chi connectivity index (χ4v) is 3.97. The molecule has 0 radical (unpaired) electrons. The molecule has 0 spiro atoms. The number of thiazole rings is 1. The second kappa shape index (κ2) is 5.31. The lowest BCUT2D eigenvalue weighted by Gasteiger charge is -2.02. The standard InChI is InChI=1S/C15H16N2S2/c1-2-3-12-14(19-15(16)17-12)9-10-4-5-13-11(8-10)6-7-18-13/h4-8H,2-3,9H2,1H3,(H2,16,17). The van der Waals surface area contributed by atoms with E-state index in [1.807, 2.05) is 0 Å². The zero-order valence-corrected chi connectivity index (χ0v) is 12.5. The number of benzene rings is 1. The molecule has 19 heavy (non-hydrogen) atoms. The Balaban J connectivity index is 1.91. The highest BCUT2D eigenvalue weighted by molar-refractivity contribution is 7.17. The van der Waals surface area contributed by atoms with Crippen molar-refractivity contribution in [1.82, 2.24) is 4.98 Å². The zero-order valence-electron chi connectivity index (χ0n) is 10.8. The number of fused-ring (bicyclic) bond motifs is 1. The number of rotatable bonds is 4. The van der Waals surface area contributed by atoms with Crippen molar-refractivity contribution < 1.29 is 0 Å². The second-order valence-electron chi connectivity index (χ2n) is 4.64. The molecule has 2 nitrogen and oxygen atoms in total. The number of nitrogens with two attached hydrogens (primary N) is 1. The van der Waals surface area contributed by atoms with E-state index in [0.717, 1.165) is 19.3 Å². The average molecular weight is 288 g/mol. The molecule has 0 amide bonds. The van der Waals surface area contributed by atoms with Crippen LogP contribution in [0.3, 0.4) is 0 Å². The van der Waals surface area contributed by atoms with E-state index in [4.69, 9.17) is 5.73 Å². The van der Waals surface area contributed by atoms with Crippen LogP contribution >= 0.6 is 22.7 Å². The summed E-state index contributed by atoms with van der Waals surface area (Å²) in [6, 6.07) is 8.87. The van der Waals surface area contributed by atoms with Crippen molar-refractivity contribution in [2.45, 2.75) is 26.2 Å². The third kappa shape index (κ3) is 2.65. The molecule has 0 bridgehead atoms. The van der Waals surface area contributed by atoms with Gasteiger partial charge in [0.15, 0.2) is 5.13 Å². The molecule has 0 unspecified atom stereocenters. The normalized spacial score (nSPS) is 11.2. The summed E-state index contributed by atoms with van der Waals surface area (Å²) in [6.45, 7) is 2.18. The van der Waals surface area contributed by atoms with E-state index in [1.165, 1.54) is 26.2 Å².